The van der Waals surface area contributed by atoms with Crippen LogP contribution < -0.4 is 11.1 Å². The summed E-state index contributed by atoms with van der Waals surface area (Å²) in [5.74, 6) is 0.0503. The molecule has 1 unspecified atom stereocenters. The van der Waals surface area contributed by atoms with E-state index in [1.54, 1.807) is 12.1 Å². The molecular weight excluding hydrogens is 291 g/mol. The van der Waals surface area contributed by atoms with Crippen molar-refractivity contribution < 1.29 is 9.53 Å². The lowest BCUT2D eigenvalue weighted by atomic mass is 10.2. The first-order chi connectivity index (χ1) is 8.63. The first-order valence-corrected chi connectivity index (χ1v) is 5.69. The van der Waals surface area contributed by atoms with Crippen LogP contribution in [-0.2, 0) is 9.53 Å². The number of anilines is 1. The molecule has 2 rings (SSSR count). The fraction of sp³-hybridized carbons (Fsp3) is 0.273. The Morgan fingerprint density at radius 2 is 2.37 bits per heavy atom. The van der Waals surface area contributed by atoms with Crippen LogP contribution in [0.5, 0.6) is 0 Å². The molecule has 0 aliphatic carbocycles. The van der Waals surface area contributed by atoms with Gasteiger partial charge in [0.05, 0.1) is 17.1 Å². The van der Waals surface area contributed by atoms with Gasteiger partial charge in [0.15, 0.2) is 5.82 Å². The number of nitrogens with one attached hydrogen (secondary N) is 2. The molecule has 6 nitrogen and oxygen atoms in total. The van der Waals surface area contributed by atoms with Gasteiger partial charge in [-0.25, -0.2) is 0 Å². The molecule has 0 radical (unpaired) electrons. The third-order valence-electron chi connectivity index (χ3n) is 2.47. The van der Waals surface area contributed by atoms with Gasteiger partial charge in [-0.15, -0.1) is 12.4 Å². The van der Waals surface area contributed by atoms with Crippen molar-refractivity contribution in [1.82, 2.24) is 10.2 Å². The van der Waals surface area contributed by atoms with Crippen LogP contribution in [0.1, 0.15) is 0 Å². The third-order valence-corrected chi connectivity index (χ3v) is 2.79. The first-order valence-electron chi connectivity index (χ1n) is 5.31. The number of amides is 1. The summed E-state index contributed by atoms with van der Waals surface area (Å²) in [5.41, 5.74) is 6.29. The molecule has 8 heteroatoms. The molecule has 0 aliphatic rings. The molecule has 1 heterocycles. The normalized spacial score (nSPS) is 11.9. The van der Waals surface area contributed by atoms with Gasteiger partial charge in [0.2, 0.25) is 5.91 Å². The number of nitrogens with zero attached hydrogens (tertiary/aromatic N) is 1. The summed E-state index contributed by atoms with van der Waals surface area (Å²) >= 11 is 5.99. The van der Waals surface area contributed by atoms with Gasteiger partial charge in [0, 0.05) is 12.5 Å². The van der Waals surface area contributed by atoms with Gasteiger partial charge in [-0.3, -0.25) is 9.89 Å². The average molecular weight is 305 g/mol. The van der Waals surface area contributed by atoms with Crippen molar-refractivity contribution in [3.63, 3.8) is 0 Å². The number of hydrogen-bond donors (Lipinski definition) is 3. The van der Waals surface area contributed by atoms with Crippen LogP contribution in [0.3, 0.4) is 0 Å². The molecule has 1 aromatic carbocycles. The number of H-pyrrole nitrogens is 1. The Kier molecular flexibility index (Phi) is 5.56. The van der Waals surface area contributed by atoms with E-state index in [0.717, 1.165) is 5.39 Å². The maximum absolute atomic E-state index is 11.7. The highest BCUT2D eigenvalue weighted by atomic mass is 35.5. The number of ether oxygens (including phenoxy) is 1. The Morgan fingerprint density at radius 3 is 3.05 bits per heavy atom. The van der Waals surface area contributed by atoms with Crippen LogP contribution in [-0.4, -0.2) is 35.9 Å². The molecule has 0 saturated heterocycles. The number of aromatic amines is 1. The Hall–Kier alpha value is -1.34. The zero-order valence-electron chi connectivity index (χ0n) is 10.1. The minimum absolute atomic E-state index is 0. The van der Waals surface area contributed by atoms with E-state index in [1.807, 2.05) is 6.07 Å². The Balaban J connectivity index is 0.00000180. The predicted molar refractivity (Wildman–Crippen MR) is 76.8 cm³/mol. The van der Waals surface area contributed by atoms with Crippen LogP contribution in [0.2, 0.25) is 5.02 Å². The van der Waals surface area contributed by atoms with E-state index in [2.05, 4.69) is 15.5 Å². The lowest BCUT2D eigenvalue weighted by molar-refractivity contribution is -0.118. The SMILES string of the molecule is COCC(N)C(=O)Nc1n[nH]c2c(Cl)cccc12.Cl. The average Bonchev–Trinajstić information content (AvgIpc) is 2.74. The molecule has 0 saturated carbocycles. The van der Waals surface area contributed by atoms with Gasteiger partial charge in [-0.2, -0.15) is 5.10 Å². The number of rotatable bonds is 4. The molecule has 0 spiro atoms. The number of halogens is 2. The molecule has 1 atom stereocenters. The monoisotopic (exact) mass is 304 g/mol. The van der Waals surface area contributed by atoms with Gasteiger partial charge in [-0.1, -0.05) is 17.7 Å². The smallest absolute Gasteiger partial charge is 0.244 e. The maximum Gasteiger partial charge on any atom is 0.244 e. The summed E-state index contributed by atoms with van der Waals surface area (Å²) in [6.45, 7) is 0.148. The molecule has 19 heavy (non-hydrogen) atoms. The van der Waals surface area contributed by atoms with Crippen molar-refractivity contribution in [2.24, 2.45) is 5.73 Å². The number of nitrogens with two attached hydrogens (primary N) is 1. The molecule has 0 bridgehead atoms. The fourth-order valence-corrected chi connectivity index (χ4v) is 1.78. The highest BCUT2D eigenvalue weighted by molar-refractivity contribution is 6.35. The van der Waals surface area contributed by atoms with Crippen LogP contribution >= 0.6 is 24.0 Å². The van der Waals surface area contributed by atoms with E-state index in [0.29, 0.717) is 16.4 Å². The van der Waals surface area contributed by atoms with E-state index in [4.69, 9.17) is 22.1 Å². The van der Waals surface area contributed by atoms with E-state index in [-0.39, 0.29) is 24.9 Å². The third kappa shape index (κ3) is 3.36. The highest BCUT2D eigenvalue weighted by Crippen LogP contribution is 2.26. The topological polar surface area (TPSA) is 93.0 Å². The van der Waals surface area contributed by atoms with Crippen molar-refractivity contribution in [2.45, 2.75) is 6.04 Å². The second-order valence-corrected chi connectivity index (χ2v) is 4.19. The Labute approximate surface area is 121 Å². The lowest BCUT2D eigenvalue weighted by Crippen LogP contribution is -2.39. The van der Waals surface area contributed by atoms with Crippen molar-refractivity contribution in [1.29, 1.82) is 0 Å². The van der Waals surface area contributed by atoms with Gasteiger partial charge in [-0.05, 0) is 12.1 Å². The molecule has 1 aromatic heterocycles. The number of aromatic nitrogens is 2. The number of benzene rings is 1. The van der Waals surface area contributed by atoms with Crippen molar-refractivity contribution in [3.8, 4) is 0 Å². The van der Waals surface area contributed by atoms with Crippen LogP contribution in [0, 0.1) is 0 Å². The molecule has 2 aromatic rings. The first kappa shape index (κ1) is 15.7. The standard InChI is InChI=1S/C11H13ClN4O2.ClH/c1-18-5-8(13)11(17)14-10-6-3-2-4-7(12)9(6)15-16-10;/h2-4,8H,5,13H2,1H3,(H2,14,15,16,17);1H. The van der Waals surface area contributed by atoms with Crippen LogP contribution in [0.15, 0.2) is 18.2 Å². The minimum atomic E-state index is -0.735. The van der Waals surface area contributed by atoms with Gasteiger partial charge < -0.3 is 15.8 Å². The fourth-order valence-electron chi connectivity index (χ4n) is 1.57. The number of para-hydroxylation sites is 1. The van der Waals surface area contributed by atoms with Crippen molar-refractivity contribution in [2.75, 3.05) is 19.0 Å². The summed E-state index contributed by atoms with van der Waals surface area (Å²) in [4.78, 5) is 11.7. The van der Waals surface area contributed by atoms with Gasteiger partial charge in [0.1, 0.15) is 6.04 Å². The van der Waals surface area contributed by atoms with E-state index < -0.39 is 6.04 Å². The molecular formula is C11H14Cl2N4O2. The Bertz CT molecular complexity index is 573. The summed E-state index contributed by atoms with van der Waals surface area (Å²) in [7, 11) is 1.48. The number of hydrogen-bond acceptors (Lipinski definition) is 4. The molecule has 0 fully saturated rings. The van der Waals surface area contributed by atoms with Gasteiger partial charge >= 0.3 is 0 Å². The Morgan fingerprint density at radius 1 is 1.63 bits per heavy atom. The molecule has 104 valence electrons. The van der Waals surface area contributed by atoms with Crippen LogP contribution in [0.4, 0.5) is 5.82 Å². The zero-order valence-corrected chi connectivity index (χ0v) is 11.7. The van der Waals surface area contributed by atoms with Crippen molar-refractivity contribution >= 4 is 46.6 Å². The second-order valence-electron chi connectivity index (χ2n) is 3.79. The van der Waals surface area contributed by atoms with E-state index in [1.165, 1.54) is 7.11 Å². The number of carbonyl (C=O) groups excluding carboxylic acids is 1. The lowest BCUT2D eigenvalue weighted by Gasteiger charge is -2.09. The number of fused-ring (bicyclic) bond motifs is 1. The summed E-state index contributed by atoms with van der Waals surface area (Å²) < 4.78 is 4.82. The summed E-state index contributed by atoms with van der Waals surface area (Å²) in [5, 5.41) is 10.7. The van der Waals surface area contributed by atoms with Crippen LogP contribution in [0.25, 0.3) is 10.9 Å². The second kappa shape index (κ2) is 6.72. The molecule has 1 amide bonds. The molecule has 0 aliphatic heterocycles. The predicted octanol–water partition coefficient (Wildman–Crippen LogP) is 1.55. The zero-order chi connectivity index (χ0) is 13.1. The largest absolute Gasteiger partial charge is 0.383 e. The highest BCUT2D eigenvalue weighted by Gasteiger charge is 2.16. The minimum Gasteiger partial charge on any atom is -0.383 e. The molecule has 4 N–H and O–H groups in total. The quantitative estimate of drug-likeness (QED) is 0.799. The summed E-state index contributed by atoms with van der Waals surface area (Å²) in [6.07, 6.45) is 0. The van der Waals surface area contributed by atoms with Gasteiger partial charge in [0.25, 0.3) is 0 Å². The number of methoxy groups -OCH3 is 1. The van der Waals surface area contributed by atoms with E-state index in [9.17, 15) is 4.79 Å². The van der Waals surface area contributed by atoms with E-state index >= 15 is 0 Å². The summed E-state index contributed by atoms with van der Waals surface area (Å²) in [6, 6.07) is 4.60. The maximum atomic E-state index is 11.7. The number of carbonyl (C=O) groups is 1. The van der Waals surface area contributed by atoms with Crippen molar-refractivity contribution in [3.05, 3.63) is 23.2 Å².